The summed E-state index contributed by atoms with van der Waals surface area (Å²) in [6, 6.07) is 18.0. The van der Waals surface area contributed by atoms with Crippen molar-refractivity contribution in [3.8, 4) is 0 Å². The van der Waals surface area contributed by atoms with Gasteiger partial charge in [0, 0.05) is 24.0 Å². The van der Waals surface area contributed by atoms with Gasteiger partial charge in [0.2, 0.25) is 17.7 Å². The molecular weight excluding hydrogens is 526 g/mol. The second-order valence-electron chi connectivity index (χ2n) is 12.7. The summed E-state index contributed by atoms with van der Waals surface area (Å²) < 4.78 is 0. The van der Waals surface area contributed by atoms with Gasteiger partial charge in [-0.25, -0.2) is 4.98 Å². The van der Waals surface area contributed by atoms with Crippen LogP contribution < -0.4 is 16.0 Å². The second-order valence-corrected chi connectivity index (χ2v) is 12.7. The third kappa shape index (κ3) is 4.49. The molecule has 7 rings (SSSR count). The van der Waals surface area contributed by atoms with E-state index < -0.39 is 10.8 Å². The fourth-order valence-electron chi connectivity index (χ4n) is 7.66. The Hall–Kier alpha value is -4.04. The van der Waals surface area contributed by atoms with Crippen LogP contribution in [0.4, 0.5) is 11.5 Å². The summed E-state index contributed by atoms with van der Waals surface area (Å²) >= 11 is 0. The number of carbonyl (C=O) groups is 3. The van der Waals surface area contributed by atoms with Gasteiger partial charge in [0.25, 0.3) is 0 Å². The summed E-state index contributed by atoms with van der Waals surface area (Å²) in [6.45, 7) is 3.57. The standard InChI is InChI=1S/C34H37N5O3/c1-33(14-6-15-35-21-33)32(42)39(28-11-4-8-22-7-2-3-9-26(22)28)20-29(40)37-25-13-12-23-18-34(19-24(23)17-25)27-10-5-16-36-30(27)38-31(34)41/h2-3,5,7,9-10,12-13,16-17,28,35H,4,6,8,11,14-15,18-21H2,1H3,(H,37,40)(H,36,38,41)/t28-,33?,34?/m1/s1. The number of fused-ring (bicyclic) bond motifs is 4. The Bertz CT molecular complexity index is 1580. The van der Waals surface area contributed by atoms with E-state index in [9.17, 15) is 14.4 Å². The fraction of sp³-hybridized carbons (Fsp3) is 0.412. The highest BCUT2D eigenvalue weighted by Crippen LogP contribution is 2.47. The maximum atomic E-state index is 14.2. The lowest BCUT2D eigenvalue weighted by Crippen LogP contribution is -2.53. The molecule has 0 radical (unpaired) electrons. The molecule has 4 aliphatic rings. The van der Waals surface area contributed by atoms with Gasteiger partial charge >= 0.3 is 0 Å². The highest BCUT2D eigenvalue weighted by Gasteiger charge is 2.51. The van der Waals surface area contributed by atoms with Crippen LogP contribution in [-0.2, 0) is 39.1 Å². The lowest BCUT2D eigenvalue weighted by molar-refractivity contribution is -0.147. The third-order valence-corrected chi connectivity index (χ3v) is 9.87. The quantitative estimate of drug-likeness (QED) is 0.430. The van der Waals surface area contributed by atoms with Crippen molar-refractivity contribution >= 4 is 29.2 Å². The number of anilines is 2. The minimum Gasteiger partial charge on any atom is -0.326 e. The Kier molecular flexibility index (Phi) is 6.61. The normalized spacial score (nSPS) is 25.7. The van der Waals surface area contributed by atoms with E-state index in [1.165, 1.54) is 5.56 Å². The number of nitrogens with zero attached hydrogens (tertiary/aromatic N) is 2. The van der Waals surface area contributed by atoms with Crippen LogP contribution in [0.25, 0.3) is 0 Å². The van der Waals surface area contributed by atoms with Crippen molar-refractivity contribution in [1.82, 2.24) is 15.2 Å². The Balaban J connectivity index is 1.13. The SMILES string of the molecule is CC1(C(=O)N(CC(=O)Nc2ccc3c(c2)CC2(C3)C(=O)Nc3ncccc32)[C@@H]2CCCc3ccccc32)CCCNC1. The first kappa shape index (κ1) is 26.8. The van der Waals surface area contributed by atoms with Gasteiger partial charge in [-0.15, -0.1) is 0 Å². The first-order valence-electron chi connectivity index (χ1n) is 15.1. The number of benzene rings is 2. The molecule has 0 saturated carbocycles. The summed E-state index contributed by atoms with van der Waals surface area (Å²) in [5.41, 5.74) is 4.99. The van der Waals surface area contributed by atoms with Crippen LogP contribution in [0.15, 0.2) is 60.8 Å². The maximum absolute atomic E-state index is 14.2. The van der Waals surface area contributed by atoms with Gasteiger partial charge in [0.05, 0.1) is 16.9 Å². The molecule has 2 aromatic carbocycles. The Labute approximate surface area is 246 Å². The van der Waals surface area contributed by atoms with Crippen LogP contribution in [0.2, 0.25) is 0 Å². The van der Waals surface area contributed by atoms with Crippen LogP contribution in [0.3, 0.4) is 0 Å². The van der Waals surface area contributed by atoms with Crippen molar-refractivity contribution < 1.29 is 14.4 Å². The predicted octanol–water partition coefficient (Wildman–Crippen LogP) is 4.30. The molecular formula is C34H37N5O3. The van der Waals surface area contributed by atoms with E-state index in [4.69, 9.17) is 0 Å². The molecule has 2 aliphatic carbocycles. The van der Waals surface area contributed by atoms with Crippen LogP contribution >= 0.6 is 0 Å². The molecule has 1 aromatic heterocycles. The van der Waals surface area contributed by atoms with Gasteiger partial charge < -0.3 is 20.9 Å². The zero-order valence-corrected chi connectivity index (χ0v) is 24.0. The van der Waals surface area contributed by atoms with E-state index in [0.29, 0.717) is 30.9 Å². The number of pyridine rings is 1. The minimum atomic E-state index is -0.657. The number of aromatic nitrogens is 1. The van der Waals surface area contributed by atoms with E-state index in [1.807, 2.05) is 48.2 Å². The monoisotopic (exact) mass is 563 g/mol. The van der Waals surface area contributed by atoms with Gasteiger partial charge in [-0.2, -0.15) is 0 Å². The molecule has 216 valence electrons. The summed E-state index contributed by atoms with van der Waals surface area (Å²) in [7, 11) is 0. The average molecular weight is 564 g/mol. The van der Waals surface area contributed by atoms with E-state index in [0.717, 1.165) is 60.9 Å². The van der Waals surface area contributed by atoms with Crippen LogP contribution in [0, 0.1) is 5.41 Å². The number of hydrogen-bond acceptors (Lipinski definition) is 5. The number of rotatable bonds is 5. The van der Waals surface area contributed by atoms with E-state index in [-0.39, 0.29) is 30.3 Å². The third-order valence-electron chi connectivity index (χ3n) is 9.87. The first-order valence-corrected chi connectivity index (χ1v) is 15.1. The second kappa shape index (κ2) is 10.3. The number of amides is 3. The molecule has 3 heterocycles. The number of hydrogen-bond donors (Lipinski definition) is 3. The zero-order valence-electron chi connectivity index (χ0n) is 24.0. The Morgan fingerprint density at radius 1 is 1.05 bits per heavy atom. The molecule has 3 atom stereocenters. The summed E-state index contributed by atoms with van der Waals surface area (Å²) in [5.74, 6) is 0.451. The Morgan fingerprint density at radius 3 is 2.76 bits per heavy atom. The van der Waals surface area contributed by atoms with Crippen LogP contribution in [-0.4, -0.2) is 47.2 Å². The van der Waals surface area contributed by atoms with Crippen molar-refractivity contribution in [1.29, 1.82) is 0 Å². The zero-order chi connectivity index (χ0) is 28.9. The Morgan fingerprint density at radius 2 is 1.90 bits per heavy atom. The van der Waals surface area contributed by atoms with Crippen molar-refractivity contribution in [3.63, 3.8) is 0 Å². The van der Waals surface area contributed by atoms with E-state index in [2.05, 4.69) is 39.1 Å². The van der Waals surface area contributed by atoms with Gasteiger partial charge in [-0.1, -0.05) is 36.4 Å². The molecule has 0 bridgehead atoms. The molecule has 1 spiro atoms. The minimum absolute atomic E-state index is 0.00407. The highest BCUT2D eigenvalue weighted by molar-refractivity contribution is 6.06. The predicted molar refractivity (Wildman–Crippen MR) is 161 cm³/mol. The largest absolute Gasteiger partial charge is 0.326 e. The number of piperidine rings is 1. The lowest BCUT2D eigenvalue weighted by Gasteiger charge is -2.42. The van der Waals surface area contributed by atoms with Gasteiger partial charge in [-0.3, -0.25) is 14.4 Å². The van der Waals surface area contributed by atoms with Crippen LogP contribution in [0.5, 0.6) is 0 Å². The van der Waals surface area contributed by atoms with Crippen molar-refractivity contribution in [2.75, 3.05) is 30.3 Å². The summed E-state index contributed by atoms with van der Waals surface area (Å²) in [6.07, 6.45) is 7.44. The van der Waals surface area contributed by atoms with Gasteiger partial charge in [0.1, 0.15) is 12.4 Å². The average Bonchev–Trinajstić information content (AvgIpc) is 3.52. The molecule has 3 N–H and O–H groups in total. The highest BCUT2D eigenvalue weighted by atomic mass is 16.2. The number of aryl methyl sites for hydroxylation is 1. The van der Waals surface area contributed by atoms with Crippen molar-refractivity contribution in [2.45, 2.75) is 63.3 Å². The maximum Gasteiger partial charge on any atom is 0.244 e. The molecule has 3 amide bonds. The molecule has 8 nitrogen and oxygen atoms in total. The van der Waals surface area contributed by atoms with Gasteiger partial charge in [-0.05, 0) is 98.9 Å². The fourth-order valence-corrected chi connectivity index (χ4v) is 7.66. The summed E-state index contributed by atoms with van der Waals surface area (Å²) in [4.78, 5) is 47.2. The molecule has 1 saturated heterocycles. The van der Waals surface area contributed by atoms with E-state index in [1.54, 1.807) is 6.20 Å². The lowest BCUT2D eigenvalue weighted by atomic mass is 9.79. The molecule has 2 unspecified atom stereocenters. The van der Waals surface area contributed by atoms with Crippen molar-refractivity contribution in [2.24, 2.45) is 5.41 Å². The molecule has 3 aromatic rings. The molecule has 8 heteroatoms. The van der Waals surface area contributed by atoms with Gasteiger partial charge in [0.15, 0.2) is 0 Å². The van der Waals surface area contributed by atoms with E-state index >= 15 is 0 Å². The number of nitrogens with one attached hydrogen (secondary N) is 3. The first-order chi connectivity index (χ1) is 20.4. The molecule has 1 fully saturated rings. The number of carbonyl (C=O) groups excluding carboxylic acids is 3. The van der Waals surface area contributed by atoms with Crippen molar-refractivity contribution in [3.05, 3.63) is 88.6 Å². The smallest absolute Gasteiger partial charge is 0.244 e. The molecule has 2 aliphatic heterocycles. The summed E-state index contributed by atoms with van der Waals surface area (Å²) in [5, 5.41) is 9.43. The molecule has 42 heavy (non-hydrogen) atoms. The van der Waals surface area contributed by atoms with Crippen LogP contribution in [0.1, 0.15) is 66.5 Å². The topological polar surface area (TPSA) is 103 Å².